The number of nitrogens with zero attached hydrogens (tertiary/aromatic N) is 6. The number of hydrogen-bond donors (Lipinski definition) is 1. The zero-order valence-electron chi connectivity index (χ0n) is 22.0. The predicted octanol–water partition coefficient (Wildman–Crippen LogP) is 5.16. The quantitative estimate of drug-likeness (QED) is 0.367. The van der Waals surface area contributed by atoms with Crippen molar-refractivity contribution >= 4 is 45.3 Å². The summed E-state index contributed by atoms with van der Waals surface area (Å²) < 4.78 is 6.16. The average Bonchev–Trinajstić information content (AvgIpc) is 3.35. The second-order valence-corrected chi connectivity index (χ2v) is 10.8. The lowest BCUT2D eigenvalue weighted by Crippen LogP contribution is -2.54. The van der Waals surface area contributed by atoms with Gasteiger partial charge in [-0.1, -0.05) is 41.9 Å². The van der Waals surface area contributed by atoms with Crippen LogP contribution in [0.5, 0.6) is 6.01 Å². The Hall–Kier alpha value is -3.69. The molecule has 2 aliphatic heterocycles. The molecule has 1 N–H and O–H groups in total. The Morgan fingerprint density at radius 1 is 1.08 bits per heavy atom. The van der Waals surface area contributed by atoms with Gasteiger partial charge in [-0.3, -0.25) is 0 Å². The zero-order valence-corrected chi connectivity index (χ0v) is 22.8. The van der Waals surface area contributed by atoms with Gasteiger partial charge < -0.3 is 24.5 Å². The van der Waals surface area contributed by atoms with Gasteiger partial charge in [0.05, 0.1) is 11.1 Å². The fourth-order valence-corrected chi connectivity index (χ4v) is 6.02. The van der Waals surface area contributed by atoms with E-state index in [1.807, 2.05) is 55.5 Å². The van der Waals surface area contributed by atoms with Gasteiger partial charge in [-0.25, -0.2) is 9.78 Å². The van der Waals surface area contributed by atoms with Crippen molar-refractivity contribution in [3.8, 4) is 17.3 Å². The summed E-state index contributed by atoms with van der Waals surface area (Å²) in [6, 6.07) is 16.3. The Bertz CT molecular complexity index is 1540. The van der Waals surface area contributed by atoms with Crippen molar-refractivity contribution in [2.45, 2.75) is 31.8 Å². The highest BCUT2D eigenvalue weighted by Gasteiger charge is 2.30. The number of likely N-dealkylation sites (N-methyl/N-ethyl adjacent to an activating group) is 1. The molecule has 1 unspecified atom stereocenters. The minimum atomic E-state index is -0.903. The molecule has 0 spiro atoms. The third-order valence-electron chi connectivity index (χ3n) is 7.90. The molecule has 2 aromatic carbocycles. The molecule has 0 saturated carbocycles. The summed E-state index contributed by atoms with van der Waals surface area (Å²) in [5, 5.41) is 13.0. The molecule has 9 nitrogen and oxygen atoms in total. The van der Waals surface area contributed by atoms with Crippen molar-refractivity contribution in [3.63, 3.8) is 0 Å². The van der Waals surface area contributed by atoms with Gasteiger partial charge in [-0.15, -0.1) is 0 Å². The summed E-state index contributed by atoms with van der Waals surface area (Å²) in [5.74, 6) is 0.710. The van der Waals surface area contributed by atoms with Crippen LogP contribution in [0.15, 0.2) is 48.5 Å². The van der Waals surface area contributed by atoms with Crippen LogP contribution in [0.1, 0.15) is 19.8 Å². The molecule has 202 valence electrons. The number of rotatable bonds is 5. The normalized spacial score (nSPS) is 20.2. The number of benzene rings is 2. The van der Waals surface area contributed by atoms with E-state index < -0.39 is 6.09 Å². The fraction of sp³-hybridized carbons (Fsp3) is 0.379. The first kappa shape index (κ1) is 25.6. The molecule has 4 aromatic rings. The standard InChI is InChI=1S/C29H31ClN6O3/c1-18-16-35(14-15-36(18)29(37)38)27-22-11-12-24(21-9-3-6-19-7-4-10-23(30)25(19)21)31-26(22)32-28(33-27)39-17-20-8-5-13-34(20)2/h3-4,6-7,9-12,18,20H,5,8,13-17H2,1-2H3,(H,37,38)/t18-,20?/m1/s1. The molecule has 2 atom stereocenters. The van der Waals surface area contributed by atoms with Gasteiger partial charge >= 0.3 is 12.1 Å². The molecule has 2 fully saturated rings. The Labute approximate surface area is 232 Å². The largest absolute Gasteiger partial charge is 0.465 e. The van der Waals surface area contributed by atoms with Crippen LogP contribution in [0, 0.1) is 0 Å². The van der Waals surface area contributed by atoms with E-state index >= 15 is 0 Å². The van der Waals surface area contributed by atoms with Gasteiger partial charge in [-0.2, -0.15) is 9.97 Å². The number of carboxylic acid groups (broad SMARTS) is 1. The molecule has 0 radical (unpaired) electrons. The minimum Gasteiger partial charge on any atom is -0.465 e. The number of pyridine rings is 1. The van der Waals surface area contributed by atoms with E-state index in [4.69, 9.17) is 31.3 Å². The zero-order chi connectivity index (χ0) is 27.1. The molecule has 6 rings (SSSR count). The van der Waals surface area contributed by atoms with Crippen LogP contribution in [-0.4, -0.2) is 87.9 Å². The van der Waals surface area contributed by atoms with Gasteiger partial charge in [0.2, 0.25) is 0 Å². The van der Waals surface area contributed by atoms with E-state index in [1.54, 1.807) is 0 Å². The molecule has 10 heteroatoms. The van der Waals surface area contributed by atoms with Crippen LogP contribution >= 0.6 is 11.6 Å². The van der Waals surface area contributed by atoms with E-state index in [0.29, 0.717) is 48.8 Å². The first-order chi connectivity index (χ1) is 18.9. The lowest BCUT2D eigenvalue weighted by atomic mass is 10.0. The highest BCUT2D eigenvalue weighted by molar-refractivity contribution is 6.36. The maximum atomic E-state index is 11.6. The van der Waals surface area contributed by atoms with Crippen LogP contribution in [0.2, 0.25) is 5.02 Å². The summed E-state index contributed by atoms with van der Waals surface area (Å²) in [6.45, 7) is 4.91. The van der Waals surface area contributed by atoms with Crippen molar-refractivity contribution in [2.75, 3.05) is 44.7 Å². The minimum absolute atomic E-state index is 0.178. The van der Waals surface area contributed by atoms with Gasteiger partial charge in [0, 0.05) is 47.7 Å². The van der Waals surface area contributed by atoms with E-state index in [2.05, 4.69) is 16.8 Å². The Balaban J connectivity index is 1.42. The second kappa shape index (κ2) is 10.5. The summed E-state index contributed by atoms with van der Waals surface area (Å²) in [4.78, 5) is 32.1. The van der Waals surface area contributed by atoms with Crippen LogP contribution in [0.25, 0.3) is 33.1 Å². The Morgan fingerprint density at radius 2 is 1.90 bits per heavy atom. The molecule has 2 aliphatic rings. The molecule has 2 saturated heterocycles. The third kappa shape index (κ3) is 4.92. The highest BCUT2D eigenvalue weighted by Crippen LogP contribution is 2.35. The Morgan fingerprint density at radius 3 is 2.64 bits per heavy atom. The molecule has 4 heterocycles. The lowest BCUT2D eigenvalue weighted by Gasteiger charge is -2.39. The number of piperazine rings is 1. The van der Waals surface area contributed by atoms with E-state index in [1.165, 1.54) is 4.90 Å². The SMILES string of the molecule is C[C@@H]1CN(c2nc(OCC3CCCN3C)nc3nc(-c4cccc5cccc(Cl)c45)ccc23)CCN1C(=O)O. The molecule has 0 bridgehead atoms. The monoisotopic (exact) mass is 546 g/mol. The summed E-state index contributed by atoms with van der Waals surface area (Å²) in [7, 11) is 2.11. The van der Waals surface area contributed by atoms with Crippen LogP contribution < -0.4 is 9.64 Å². The van der Waals surface area contributed by atoms with E-state index in [-0.39, 0.29) is 12.1 Å². The number of anilines is 1. The van der Waals surface area contributed by atoms with E-state index in [9.17, 15) is 9.90 Å². The number of carbonyl (C=O) groups is 1. The molecule has 1 amide bonds. The van der Waals surface area contributed by atoms with Crippen molar-refractivity contribution in [3.05, 3.63) is 53.6 Å². The topological polar surface area (TPSA) is 94.9 Å². The molecule has 0 aliphatic carbocycles. The van der Waals surface area contributed by atoms with Gasteiger partial charge in [-0.05, 0) is 56.9 Å². The average molecular weight is 547 g/mol. The maximum absolute atomic E-state index is 11.6. The predicted molar refractivity (Wildman–Crippen MR) is 153 cm³/mol. The highest BCUT2D eigenvalue weighted by atomic mass is 35.5. The fourth-order valence-electron chi connectivity index (χ4n) is 5.73. The summed E-state index contributed by atoms with van der Waals surface area (Å²) in [6.07, 6.45) is 1.33. The number of aromatic nitrogens is 3. The number of likely N-dealkylation sites (tertiary alicyclic amines) is 1. The number of amides is 1. The summed E-state index contributed by atoms with van der Waals surface area (Å²) in [5.41, 5.74) is 2.22. The van der Waals surface area contributed by atoms with Gasteiger partial charge in [0.1, 0.15) is 12.4 Å². The number of fused-ring (bicyclic) bond motifs is 2. The smallest absolute Gasteiger partial charge is 0.407 e. The van der Waals surface area contributed by atoms with Crippen molar-refractivity contribution in [1.29, 1.82) is 0 Å². The van der Waals surface area contributed by atoms with Crippen molar-refractivity contribution in [1.82, 2.24) is 24.8 Å². The van der Waals surface area contributed by atoms with Crippen LogP contribution in [-0.2, 0) is 0 Å². The molecular weight excluding hydrogens is 516 g/mol. The molecular formula is C29H31ClN6O3. The summed E-state index contributed by atoms with van der Waals surface area (Å²) >= 11 is 6.62. The van der Waals surface area contributed by atoms with Crippen LogP contribution in [0.3, 0.4) is 0 Å². The lowest BCUT2D eigenvalue weighted by molar-refractivity contribution is 0.122. The van der Waals surface area contributed by atoms with Crippen molar-refractivity contribution < 1.29 is 14.6 Å². The third-order valence-corrected chi connectivity index (χ3v) is 8.21. The van der Waals surface area contributed by atoms with Gasteiger partial charge in [0.15, 0.2) is 5.65 Å². The first-order valence-electron chi connectivity index (χ1n) is 13.3. The number of ether oxygens (including phenoxy) is 1. The van der Waals surface area contributed by atoms with Crippen LogP contribution in [0.4, 0.5) is 10.6 Å². The maximum Gasteiger partial charge on any atom is 0.407 e. The van der Waals surface area contributed by atoms with E-state index in [0.717, 1.165) is 46.8 Å². The Kier molecular flexibility index (Phi) is 6.86. The number of hydrogen-bond acceptors (Lipinski definition) is 7. The number of halogens is 1. The first-order valence-corrected chi connectivity index (χ1v) is 13.7. The van der Waals surface area contributed by atoms with Crippen molar-refractivity contribution in [2.24, 2.45) is 0 Å². The molecule has 39 heavy (non-hydrogen) atoms. The van der Waals surface area contributed by atoms with Gasteiger partial charge in [0.25, 0.3) is 0 Å². The second-order valence-electron chi connectivity index (χ2n) is 10.4. The molecule has 2 aromatic heterocycles.